The summed E-state index contributed by atoms with van der Waals surface area (Å²) in [5, 5.41) is 4.78. The molecule has 5 heteroatoms. The number of carbonyl (C=O) groups is 1. The number of hydrogen-bond acceptors (Lipinski definition) is 3. The maximum absolute atomic E-state index is 12.9. The Bertz CT molecular complexity index is 1230. The van der Waals surface area contributed by atoms with Crippen LogP contribution in [0, 0.1) is 13.8 Å². The second-order valence-corrected chi connectivity index (χ2v) is 6.25. The monoisotopic (exact) mass is 343 g/mol. The smallest absolute Gasteiger partial charge is 0.282 e. The zero-order valence-electron chi connectivity index (χ0n) is 14.5. The van der Waals surface area contributed by atoms with E-state index in [9.17, 15) is 9.59 Å². The van der Waals surface area contributed by atoms with Crippen LogP contribution in [0.3, 0.4) is 0 Å². The molecule has 0 spiro atoms. The third-order valence-corrected chi connectivity index (χ3v) is 4.48. The van der Waals surface area contributed by atoms with Gasteiger partial charge in [0.1, 0.15) is 11.3 Å². The summed E-state index contributed by atoms with van der Waals surface area (Å²) in [5.41, 5.74) is 2.25. The van der Waals surface area contributed by atoms with Gasteiger partial charge in [-0.3, -0.25) is 14.0 Å². The number of aromatic nitrogens is 2. The maximum Gasteiger partial charge on any atom is 0.282 e. The first-order valence-electron chi connectivity index (χ1n) is 8.34. The molecule has 0 radical (unpaired) electrons. The van der Waals surface area contributed by atoms with Gasteiger partial charge in [0, 0.05) is 11.3 Å². The van der Waals surface area contributed by atoms with Crippen LogP contribution in [0.4, 0.5) is 5.69 Å². The lowest BCUT2D eigenvalue weighted by Gasteiger charge is -2.11. The van der Waals surface area contributed by atoms with Gasteiger partial charge in [-0.1, -0.05) is 36.4 Å². The van der Waals surface area contributed by atoms with Crippen molar-refractivity contribution in [3.8, 4) is 0 Å². The number of carbonyl (C=O) groups excluding carboxylic acids is 1. The molecule has 0 atom stereocenters. The van der Waals surface area contributed by atoms with Crippen LogP contribution in [0.5, 0.6) is 0 Å². The van der Waals surface area contributed by atoms with E-state index in [1.807, 2.05) is 55.5 Å². The molecule has 4 rings (SSSR count). The maximum atomic E-state index is 12.9. The molecule has 1 N–H and O–H groups in total. The van der Waals surface area contributed by atoms with Crippen LogP contribution >= 0.6 is 0 Å². The number of anilines is 1. The molecule has 2 heterocycles. The van der Waals surface area contributed by atoms with Gasteiger partial charge >= 0.3 is 0 Å². The van der Waals surface area contributed by atoms with E-state index in [0.29, 0.717) is 16.9 Å². The van der Waals surface area contributed by atoms with Gasteiger partial charge in [0.05, 0.1) is 5.69 Å². The van der Waals surface area contributed by atoms with E-state index in [2.05, 4.69) is 10.3 Å². The molecule has 0 saturated carbocycles. The first-order valence-corrected chi connectivity index (χ1v) is 8.34. The fraction of sp³-hybridized carbons (Fsp3) is 0.0952. The summed E-state index contributed by atoms with van der Waals surface area (Å²) in [6.07, 6.45) is 0. The minimum absolute atomic E-state index is 0.204. The van der Waals surface area contributed by atoms with Gasteiger partial charge in [-0.05, 0) is 48.9 Å². The van der Waals surface area contributed by atoms with Crippen molar-refractivity contribution in [3.63, 3.8) is 0 Å². The van der Waals surface area contributed by atoms with Gasteiger partial charge in [0.15, 0.2) is 0 Å². The van der Waals surface area contributed by atoms with Crippen molar-refractivity contribution < 1.29 is 4.79 Å². The van der Waals surface area contributed by atoms with Crippen LogP contribution < -0.4 is 10.9 Å². The molecule has 0 aliphatic heterocycles. The Balaban J connectivity index is 1.77. The fourth-order valence-electron chi connectivity index (χ4n) is 3.11. The van der Waals surface area contributed by atoms with Gasteiger partial charge in [0.2, 0.25) is 0 Å². The molecule has 0 aliphatic carbocycles. The standard InChI is InChI=1S/C21H17N3O2/c1-13-6-5-9-18-22-14(2)19(21(26)24(13)18)23-20(25)17-11-10-15-7-3-4-8-16(15)12-17/h3-12H,1-2H3,(H,23,25). The second-order valence-electron chi connectivity index (χ2n) is 6.25. The van der Waals surface area contributed by atoms with E-state index in [0.717, 1.165) is 16.5 Å². The zero-order valence-corrected chi connectivity index (χ0v) is 14.5. The summed E-state index contributed by atoms with van der Waals surface area (Å²) in [4.78, 5) is 30.0. The second kappa shape index (κ2) is 6.11. The summed E-state index contributed by atoms with van der Waals surface area (Å²) in [7, 11) is 0. The van der Waals surface area contributed by atoms with Crippen molar-refractivity contribution >= 4 is 28.0 Å². The van der Waals surface area contributed by atoms with Crippen LogP contribution in [0.25, 0.3) is 16.4 Å². The van der Waals surface area contributed by atoms with Crippen LogP contribution in [0.15, 0.2) is 65.5 Å². The molecule has 26 heavy (non-hydrogen) atoms. The first kappa shape index (κ1) is 16.0. The Hall–Kier alpha value is -3.47. The van der Waals surface area contributed by atoms with E-state index in [-0.39, 0.29) is 17.2 Å². The van der Waals surface area contributed by atoms with Crippen molar-refractivity contribution in [1.82, 2.24) is 9.38 Å². The van der Waals surface area contributed by atoms with Gasteiger partial charge in [-0.2, -0.15) is 0 Å². The Kier molecular flexibility index (Phi) is 3.77. The molecule has 1 amide bonds. The van der Waals surface area contributed by atoms with Crippen molar-refractivity contribution in [3.05, 3.63) is 88.0 Å². The number of nitrogens with one attached hydrogen (secondary N) is 1. The fourth-order valence-corrected chi connectivity index (χ4v) is 3.11. The van der Waals surface area contributed by atoms with E-state index < -0.39 is 0 Å². The lowest BCUT2D eigenvalue weighted by Crippen LogP contribution is -2.26. The zero-order chi connectivity index (χ0) is 18.3. The molecule has 4 aromatic rings. The summed E-state index contributed by atoms with van der Waals surface area (Å²) in [6.45, 7) is 3.56. The lowest BCUT2D eigenvalue weighted by molar-refractivity contribution is 0.102. The van der Waals surface area contributed by atoms with E-state index in [1.165, 1.54) is 4.40 Å². The Morgan fingerprint density at radius 1 is 0.962 bits per heavy atom. The predicted molar refractivity (Wildman–Crippen MR) is 103 cm³/mol. The van der Waals surface area contributed by atoms with Gasteiger partial charge in [-0.25, -0.2) is 4.98 Å². The molecular formula is C21H17N3O2. The predicted octanol–water partition coefficient (Wildman–Crippen LogP) is 3.72. The van der Waals surface area contributed by atoms with Crippen molar-refractivity contribution in [2.24, 2.45) is 0 Å². The number of aryl methyl sites for hydroxylation is 2. The van der Waals surface area contributed by atoms with Crippen molar-refractivity contribution in [1.29, 1.82) is 0 Å². The molecule has 2 aromatic heterocycles. The number of fused-ring (bicyclic) bond motifs is 2. The summed E-state index contributed by atoms with van der Waals surface area (Å²) >= 11 is 0. The van der Waals surface area contributed by atoms with E-state index >= 15 is 0 Å². The third kappa shape index (κ3) is 2.63. The molecule has 2 aromatic carbocycles. The van der Waals surface area contributed by atoms with E-state index in [4.69, 9.17) is 0 Å². The number of nitrogens with zero attached hydrogens (tertiary/aromatic N) is 2. The molecule has 0 bridgehead atoms. The number of rotatable bonds is 2. The van der Waals surface area contributed by atoms with Gasteiger partial charge in [-0.15, -0.1) is 0 Å². The minimum atomic E-state index is -0.328. The number of amides is 1. The summed E-state index contributed by atoms with van der Waals surface area (Å²) in [6, 6.07) is 18.7. The third-order valence-electron chi connectivity index (χ3n) is 4.48. The summed E-state index contributed by atoms with van der Waals surface area (Å²) in [5.74, 6) is -0.328. The minimum Gasteiger partial charge on any atom is -0.316 e. The molecule has 0 fully saturated rings. The van der Waals surface area contributed by atoms with Crippen molar-refractivity contribution in [2.75, 3.05) is 5.32 Å². The van der Waals surface area contributed by atoms with Crippen molar-refractivity contribution in [2.45, 2.75) is 13.8 Å². The number of hydrogen-bond donors (Lipinski definition) is 1. The molecule has 0 unspecified atom stereocenters. The van der Waals surface area contributed by atoms with Crippen LogP contribution in [0.1, 0.15) is 21.7 Å². The quantitative estimate of drug-likeness (QED) is 0.603. The Morgan fingerprint density at radius 3 is 2.54 bits per heavy atom. The Labute approximate surface area is 149 Å². The van der Waals surface area contributed by atoms with Gasteiger partial charge < -0.3 is 5.32 Å². The normalized spacial score (nSPS) is 11.0. The molecular weight excluding hydrogens is 326 g/mol. The molecule has 0 saturated heterocycles. The average molecular weight is 343 g/mol. The highest BCUT2D eigenvalue weighted by Crippen LogP contribution is 2.17. The largest absolute Gasteiger partial charge is 0.316 e. The number of benzene rings is 2. The first-order chi connectivity index (χ1) is 12.5. The topological polar surface area (TPSA) is 63.5 Å². The Morgan fingerprint density at radius 2 is 1.73 bits per heavy atom. The van der Waals surface area contributed by atoms with E-state index in [1.54, 1.807) is 19.1 Å². The highest BCUT2D eigenvalue weighted by Gasteiger charge is 2.15. The van der Waals surface area contributed by atoms with Crippen LogP contribution in [-0.4, -0.2) is 15.3 Å². The summed E-state index contributed by atoms with van der Waals surface area (Å²) < 4.78 is 1.50. The number of pyridine rings is 1. The molecule has 0 aliphatic rings. The highest BCUT2D eigenvalue weighted by molar-refractivity contribution is 6.06. The lowest BCUT2D eigenvalue weighted by atomic mass is 10.1. The molecule has 128 valence electrons. The molecule has 5 nitrogen and oxygen atoms in total. The van der Waals surface area contributed by atoms with Gasteiger partial charge in [0.25, 0.3) is 11.5 Å². The highest BCUT2D eigenvalue weighted by atomic mass is 16.2. The SMILES string of the molecule is Cc1nc2cccc(C)n2c(=O)c1NC(=O)c1ccc2ccccc2c1. The van der Waals surface area contributed by atoms with Crippen LogP contribution in [0.2, 0.25) is 0 Å². The average Bonchev–Trinajstić information content (AvgIpc) is 2.64. The van der Waals surface area contributed by atoms with Crippen LogP contribution in [-0.2, 0) is 0 Å².